The third kappa shape index (κ3) is 9.47. The topological polar surface area (TPSA) is 63.2 Å². The SMILES string of the molecule is C=CC(=O)OCCCOc1ccc(OOc2ccc(-c3ccc(-c4ccc5cc(OCCC/C=C/C)ccc5c4)cc3)cc2F)cc1. The van der Waals surface area contributed by atoms with Gasteiger partial charge in [0.2, 0.25) is 5.75 Å². The molecule has 6 nitrogen and oxygen atoms in total. The van der Waals surface area contributed by atoms with E-state index in [2.05, 4.69) is 49.1 Å². The fourth-order valence-electron chi connectivity index (χ4n) is 4.82. The van der Waals surface area contributed by atoms with E-state index in [1.165, 1.54) is 6.07 Å². The molecular weight excluding hydrogens is 595 g/mol. The van der Waals surface area contributed by atoms with Gasteiger partial charge in [-0.15, -0.1) is 0 Å². The van der Waals surface area contributed by atoms with Crippen LogP contribution in [0.1, 0.15) is 26.2 Å². The van der Waals surface area contributed by atoms with Gasteiger partial charge in [-0.05, 0) is 107 Å². The van der Waals surface area contributed by atoms with Gasteiger partial charge in [-0.3, -0.25) is 9.78 Å². The first-order valence-corrected chi connectivity index (χ1v) is 15.6. The Hall–Kier alpha value is -5.56. The average molecular weight is 633 g/mol. The van der Waals surface area contributed by atoms with Gasteiger partial charge in [0.25, 0.3) is 0 Å². The number of benzene rings is 5. The largest absolute Gasteiger partial charge is 0.494 e. The first kappa shape index (κ1) is 32.8. The van der Waals surface area contributed by atoms with Crippen LogP contribution in [0.5, 0.6) is 23.0 Å². The van der Waals surface area contributed by atoms with Crippen LogP contribution >= 0.6 is 0 Å². The Bertz CT molecular complexity index is 1810. The number of allylic oxidation sites excluding steroid dienone is 2. The zero-order valence-electron chi connectivity index (χ0n) is 26.3. The van der Waals surface area contributed by atoms with E-state index in [1.54, 1.807) is 36.4 Å². The molecule has 0 atom stereocenters. The van der Waals surface area contributed by atoms with Crippen LogP contribution in [0.2, 0.25) is 0 Å². The molecule has 5 aromatic rings. The molecule has 0 bridgehead atoms. The smallest absolute Gasteiger partial charge is 0.330 e. The first-order chi connectivity index (χ1) is 23.0. The number of hydrogen-bond acceptors (Lipinski definition) is 6. The van der Waals surface area contributed by atoms with Crippen molar-refractivity contribution in [1.29, 1.82) is 0 Å². The van der Waals surface area contributed by atoms with E-state index >= 15 is 0 Å². The number of carbonyl (C=O) groups is 1. The van der Waals surface area contributed by atoms with Crippen molar-refractivity contribution in [3.8, 4) is 45.3 Å². The van der Waals surface area contributed by atoms with Gasteiger partial charge in [-0.2, -0.15) is 0 Å². The minimum atomic E-state index is -0.542. The van der Waals surface area contributed by atoms with Gasteiger partial charge in [0, 0.05) is 12.5 Å². The molecule has 0 saturated heterocycles. The third-order valence-corrected chi connectivity index (χ3v) is 7.33. The van der Waals surface area contributed by atoms with E-state index < -0.39 is 11.8 Å². The van der Waals surface area contributed by atoms with Crippen LogP contribution in [-0.2, 0) is 9.53 Å². The van der Waals surface area contributed by atoms with Crippen molar-refractivity contribution in [2.24, 2.45) is 0 Å². The average Bonchev–Trinajstić information content (AvgIpc) is 3.11. The number of halogens is 1. The van der Waals surface area contributed by atoms with Crippen molar-refractivity contribution in [2.45, 2.75) is 26.2 Å². The van der Waals surface area contributed by atoms with Gasteiger partial charge in [0.1, 0.15) is 11.5 Å². The molecule has 0 N–H and O–H groups in total. The molecule has 0 aliphatic rings. The highest BCUT2D eigenvalue weighted by Crippen LogP contribution is 2.31. The molecule has 0 aliphatic heterocycles. The van der Waals surface area contributed by atoms with Crippen LogP contribution in [-0.4, -0.2) is 25.8 Å². The van der Waals surface area contributed by atoms with Crippen LogP contribution in [0.3, 0.4) is 0 Å². The van der Waals surface area contributed by atoms with Crippen LogP contribution in [0.15, 0.2) is 128 Å². The molecule has 0 unspecified atom stereocenters. The lowest BCUT2D eigenvalue weighted by Gasteiger charge is -2.10. The van der Waals surface area contributed by atoms with Gasteiger partial charge in [0.15, 0.2) is 11.6 Å². The minimum absolute atomic E-state index is 0.0295. The highest BCUT2D eigenvalue weighted by Gasteiger charge is 2.10. The molecule has 5 aromatic carbocycles. The molecule has 0 aromatic heterocycles. The van der Waals surface area contributed by atoms with Gasteiger partial charge >= 0.3 is 5.97 Å². The minimum Gasteiger partial charge on any atom is -0.494 e. The van der Waals surface area contributed by atoms with Crippen molar-refractivity contribution in [2.75, 3.05) is 19.8 Å². The van der Waals surface area contributed by atoms with Crippen LogP contribution in [0.25, 0.3) is 33.0 Å². The van der Waals surface area contributed by atoms with E-state index in [-0.39, 0.29) is 12.4 Å². The molecule has 0 heterocycles. The Morgan fingerprint density at radius 1 is 0.660 bits per heavy atom. The highest BCUT2D eigenvalue weighted by molar-refractivity contribution is 5.88. The summed E-state index contributed by atoms with van der Waals surface area (Å²) in [7, 11) is 0. The van der Waals surface area contributed by atoms with Crippen molar-refractivity contribution in [3.05, 3.63) is 134 Å². The fraction of sp³-hybridized carbons (Fsp3) is 0.175. The van der Waals surface area contributed by atoms with Crippen LogP contribution in [0.4, 0.5) is 4.39 Å². The maximum absolute atomic E-state index is 14.9. The van der Waals surface area contributed by atoms with Gasteiger partial charge in [-0.1, -0.05) is 67.3 Å². The van der Waals surface area contributed by atoms with Crippen molar-refractivity contribution >= 4 is 16.7 Å². The van der Waals surface area contributed by atoms with E-state index in [1.807, 2.05) is 37.3 Å². The Labute approximate surface area is 274 Å². The third-order valence-electron chi connectivity index (χ3n) is 7.33. The predicted octanol–water partition coefficient (Wildman–Crippen LogP) is 9.92. The summed E-state index contributed by atoms with van der Waals surface area (Å²) in [6.45, 7) is 6.69. The van der Waals surface area contributed by atoms with Gasteiger partial charge in [-0.25, -0.2) is 9.18 Å². The molecular formula is C40H37FO6. The highest BCUT2D eigenvalue weighted by atomic mass is 19.1. The predicted molar refractivity (Wildman–Crippen MR) is 183 cm³/mol. The Balaban J connectivity index is 1.13. The number of fused-ring (bicyclic) bond motifs is 1. The maximum Gasteiger partial charge on any atom is 0.330 e. The zero-order chi connectivity index (χ0) is 32.8. The lowest BCUT2D eigenvalue weighted by atomic mass is 9.98. The summed E-state index contributed by atoms with van der Waals surface area (Å²) in [4.78, 5) is 21.6. The molecule has 5 rings (SSSR count). The summed E-state index contributed by atoms with van der Waals surface area (Å²) < 4.78 is 31.4. The molecule has 0 radical (unpaired) electrons. The number of rotatable bonds is 16. The maximum atomic E-state index is 14.9. The van der Waals surface area contributed by atoms with Crippen molar-refractivity contribution in [3.63, 3.8) is 0 Å². The molecule has 7 heteroatoms. The molecule has 47 heavy (non-hydrogen) atoms. The van der Waals surface area contributed by atoms with Crippen LogP contribution < -0.4 is 19.2 Å². The summed E-state index contributed by atoms with van der Waals surface area (Å²) in [6, 6.07) is 32.1. The van der Waals surface area contributed by atoms with Crippen molar-refractivity contribution < 1.29 is 33.2 Å². The molecule has 0 amide bonds. The van der Waals surface area contributed by atoms with Crippen molar-refractivity contribution in [1.82, 2.24) is 0 Å². The second-order valence-corrected chi connectivity index (χ2v) is 10.7. The lowest BCUT2D eigenvalue weighted by Crippen LogP contribution is -2.06. The van der Waals surface area contributed by atoms with Gasteiger partial charge < -0.3 is 14.2 Å². The van der Waals surface area contributed by atoms with E-state index in [9.17, 15) is 9.18 Å². The number of ether oxygens (including phenoxy) is 3. The van der Waals surface area contributed by atoms with E-state index in [0.717, 1.165) is 57.7 Å². The molecule has 0 fully saturated rings. The second-order valence-electron chi connectivity index (χ2n) is 10.7. The monoisotopic (exact) mass is 632 g/mol. The number of carbonyl (C=O) groups excluding carboxylic acids is 1. The second kappa shape index (κ2) is 16.7. The number of unbranched alkanes of at least 4 members (excludes halogenated alkanes) is 1. The van der Waals surface area contributed by atoms with E-state index in [0.29, 0.717) is 31.1 Å². The Kier molecular flexibility index (Phi) is 11.6. The first-order valence-electron chi connectivity index (χ1n) is 15.6. The Morgan fingerprint density at radius 2 is 1.26 bits per heavy atom. The summed E-state index contributed by atoms with van der Waals surface area (Å²) in [5.74, 6) is 0.841. The number of esters is 1. The lowest BCUT2D eigenvalue weighted by molar-refractivity contribution is -0.137. The van der Waals surface area contributed by atoms with E-state index in [4.69, 9.17) is 24.0 Å². The normalized spacial score (nSPS) is 10.9. The molecule has 0 spiro atoms. The zero-order valence-corrected chi connectivity index (χ0v) is 26.3. The van der Waals surface area contributed by atoms with Gasteiger partial charge in [0.05, 0.1) is 19.8 Å². The summed E-state index contributed by atoms with van der Waals surface area (Å²) in [5.41, 5.74) is 3.77. The molecule has 0 saturated carbocycles. The van der Waals surface area contributed by atoms with Crippen LogP contribution in [0, 0.1) is 5.82 Å². The fourth-order valence-corrected chi connectivity index (χ4v) is 4.82. The molecule has 240 valence electrons. The Morgan fingerprint density at radius 3 is 1.98 bits per heavy atom. The summed E-state index contributed by atoms with van der Waals surface area (Å²) in [5, 5.41) is 2.26. The number of hydrogen-bond donors (Lipinski definition) is 0. The summed E-state index contributed by atoms with van der Waals surface area (Å²) in [6.07, 6.45) is 7.88. The standard InChI is InChI=1S/C40H37FO6/c1-3-5-6-7-23-44-37-17-15-32-26-31(13-14-33(32)27-37)29-9-11-30(12-10-29)34-16-22-39(38(41)28-34)47-46-36-20-18-35(19-21-36)43-24-8-25-45-40(42)4-2/h3-5,9-22,26-28H,2,6-8,23-25H2,1H3/b5-3+. The molecule has 0 aliphatic carbocycles. The summed E-state index contributed by atoms with van der Waals surface area (Å²) >= 11 is 0. The quantitative estimate of drug-likeness (QED) is 0.0269.